The molecule has 1 aromatic rings. The van der Waals surface area contributed by atoms with E-state index in [1.165, 1.54) is 0 Å². The molecule has 2 nitrogen and oxygen atoms in total. The Morgan fingerprint density at radius 2 is 2.00 bits per heavy atom. The van der Waals surface area contributed by atoms with Gasteiger partial charge in [0.05, 0.1) is 4.88 Å². The Balaban J connectivity index is 2.90. The maximum atomic E-state index is 12.3. The van der Waals surface area contributed by atoms with Crippen LogP contribution in [0.25, 0.3) is 0 Å². The lowest BCUT2D eigenvalue weighted by atomic mass is 9.98. The Morgan fingerprint density at radius 3 is 2.38 bits per heavy atom. The highest BCUT2D eigenvalue weighted by atomic mass is 32.1. The molecule has 0 spiro atoms. The number of hydrogen-bond donors (Lipinski definition) is 0. The first-order valence-electron chi connectivity index (χ1n) is 4.97. The Kier molecular flexibility index (Phi) is 4.07. The Hall–Kier alpha value is -0.910. The van der Waals surface area contributed by atoms with Crippen LogP contribution in [0.3, 0.4) is 0 Å². The predicted octanol–water partition coefficient (Wildman–Crippen LogP) is 3.78. The van der Waals surface area contributed by atoms with Crippen molar-refractivity contribution in [1.82, 2.24) is 4.98 Å². The van der Waals surface area contributed by atoms with Gasteiger partial charge in [-0.2, -0.15) is 13.2 Å². The number of carbonyl (C=O) groups excluding carboxylic acids is 1. The molecular weight excluding hydrogens is 239 g/mol. The number of Topliss-reactive ketones (excluding diaryl/α,β-unsaturated/α-hetero) is 1. The summed E-state index contributed by atoms with van der Waals surface area (Å²) in [6.45, 7) is 3.69. The maximum Gasteiger partial charge on any atom is 0.443 e. The monoisotopic (exact) mass is 251 g/mol. The van der Waals surface area contributed by atoms with Crippen molar-refractivity contribution in [2.75, 3.05) is 0 Å². The normalized spacial score (nSPS) is 12.1. The second kappa shape index (κ2) is 4.95. The first-order chi connectivity index (χ1) is 7.40. The van der Waals surface area contributed by atoms with Crippen LogP contribution < -0.4 is 0 Å². The van der Waals surface area contributed by atoms with Crippen LogP contribution in [0.2, 0.25) is 0 Å². The van der Waals surface area contributed by atoms with Crippen LogP contribution in [0.5, 0.6) is 0 Å². The van der Waals surface area contributed by atoms with E-state index in [1.807, 2.05) is 13.8 Å². The van der Waals surface area contributed by atoms with Crippen molar-refractivity contribution in [3.63, 3.8) is 0 Å². The third kappa shape index (κ3) is 2.81. The summed E-state index contributed by atoms with van der Waals surface area (Å²) in [7, 11) is 0. The van der Waals surface area contributed by atoms with E-state index in [4.69, 9.17) is 0 Å². The molecule has 0 atom stereocenters. The summed E-state index contributed by atoms with van der Waals surface area (Å²) in [4.78, 5) is 15.1. The molecule has 1 heterocycles. The highest BCUT2D eigenvalue weighted by molar-refractivity contribution is 7.13. The quantitative estimate of drug-likeness (QED) is 0.762. The number of aromatic nitrogens is 1. The van der Waals surface area contributed by atoms with Gasteiger partial charge in [-0.3, -0.25) is 4.79 Å². The van der Waals surface area contributed by atoms with E-state index < -0.39 is 11.2 Å². The topological polar surface area (TPSA) is 30.0 Å². The van der Waals surface area contributed by atoms with Gasteiger partial charge in [0.1, 0.15) is 0 Å². The third-order valence-corrected chi connectivity index (χ3v) is 3.40. The molecule has 0 saturated carbocycles. The van der Waals surface area contributed by atoms with E-state index in [-0.39, 0.29) is 16.6 Å². The standard InChI is InChI=1S/C10H12F3NOS/c1-3-6(4-2)8(15)7-5-14-9(16-7)10(11,12)13/h5-6H,3-4H2,1-2H3. The second-order valence-electron chi connectivity index (χ2n) is 3.41. The van der Waals surface area contributed by atoms with E-state index in [0.29, 0.717) is 24.2 Å². The molecule has 0 aliphatic rings. The first-order valence-corrected chi connectivity index (χ1v) is 5.79. The van der Waals surface area contributed by atoms with Gasteiger partial charge in [-0.05, 0) is 12.8 Å². The van der Waals surface area contributed by atoms with Crippen molar-refractivity contribution in [2.24, 2.45) is 5.92 Å². The average Bonchev–Trinajstić information content (AvgIpc) is 2.67. The van der Waals surface area contributed by atoms with E-state index >= 15 is 0 Å². The largest absolute Gasteiger partial charge is 0.443 e. The summed E-state index contributed by atoms with van der Waals surface area (Å²) >= 11 is 0.421. The Labute approximate surface area is 95.5 Å². The summed E-state index contributed by atoms with van der Waals surface area (Å²) in [6, 6.07) is 0. The summed E-state index contributed by atoms with van der Waals surface area (Å²) in [6.07, 6.45) is -2.17. The van der Waals surface area contributed by atoms with Crippen molar-refractivity contribution in [2.45, 2.75) is 32.9 Å². The van der Waals surface area contributed by atoms with Crippen molar-refractivity contribution < 1.29 is 18.0 Å². The molecule has 0 unspecified atom stereocenters. The average molecular weight is 251 g/mol. The minimum absolute atomic E-state index is 0.0982. The molecule has 0 aliphatic heterocycles. The van der Waals surface area contributed by atoms with Crippen LogP contribution in [-0.4, -0.2) is 10.8 Å². The SMILES string of the molecule is CCC(CC)C(=O)c1cnc(C(F)(F)F)s1. The van der Waals surface area contributed by atoms with Crippen LogP contribution >= 0.6 is 11.3 Å². The molecular formula is C10H12F3NOS. The van der Waals surface area contributed by atoms with Crippen molar-refractivity contribution in [3.05, 3.63) is 16.1 Å². The molecule has 6 heteroatoms. The minimum atomic E-state index is -4.46. The molecule has 1 rings (SSSR count). The van der Waals surface area contributed by atoms with Gasteiger partial charge in [0.15, 0.2) is 10.8 Å². The number of thiazole rings is 1. The van der Waals surface area contributed by atoms with Crippen LogP contribution in [0.1, 0.15) is 41.4 Å². The minimum Gasteiger partial charge on any atom is -0.293 e. The fraction of sp³-hybridized carbons (Fsp3) is 0.600. The summed E-state index contributed by atoms with van der Waals surface area (Å²) in [5, 5.41) is -0.957. The van der Waals surface area contributed by atoms with Gasteiger partial charge in [0, 0.05) is 12.1 Å². The van der Waals surface area contributed by atoms with Crippen LogP contribution in [-0.2, 0) is 6.18 Å². The number of ketones is 1. The fourth-order valence-corrected chi connectivity index (χ4v) is 2.18. The van der Waals surface area contributed by atoms with E-state index in [2.05, 4.69) is 4.98 Å². The molecule has 0 saturated heterocycles. The van der Waals surface area contributed by atoms with E-state index in [0.717, 1.165) is 6.20 Å². The summed E-state index contributed by atoms with van der Waals surface area (Å²) in [5.74, 6) is -0.445. The number of alkyl halides is 3. The van der Waals surface area contributed by atoms with Crippen molar-refractivity contribution in [3.8, 4) is 0 Å². The number of carbonyl (C=O) groups is 1. The molecule has 0 fully saturated rings. The molecule has 90 valence electrons. The molecule has 0 aliphatic carbocycles. The van der Waals surface area contributed by atoms with Crippen molar-refractivity contribution >= 4 is 17.1 Å². The number of hydrogen-bond acceptors (Lipinski definition) is 3. The highest BCUT2D eigenvalue weighted by Crippen LogP contribution is 2.33. The molecule has 0 bridgehead atoms. The van der Waals surface area contributed by atoms with E-state index in [9.17, 15) is 18.0 Å². The first kappa shape index (κ1) is 13.2. The van der Waals surface area contributed by atoms with Crippen LogP contribution in [0, 0.1) is 5.92 Å². The molecule has 0 N–H and O–H groups in total. The number of nitrogens with zero attached hydrogens (tertiary/aromatic N) is 1. The Morgan fingerprint density at radius 1 is 1.44 bits per heavy atom. The van der Waals surface area contributed by atoms with Gasteiger partial charge in [-0.1, -0.05) is 13.8 Å². The second-order valence-corrected chi connectivity index (χ2v) is 4.44. The summed E-state index contributed by atoms with van der Waals surface area (Å²) < 4.78 is 36.8. The van der Waals surface area contributed by atoms with Gasteiger partial charge in [0.2, 0.25) is 0 Å². The van der Waals surface area contributed by atoms with Gasteiger partial charge < -0.3 is 0 Å². The van der Waals surface area contributed by atoms with Crippen molar-refractivity contribution in [1.29, 1.82) is 0 Å². The lowest BCUT2D eigenvalue weighted by molar-refractivity contribution is -0.137. The molecule has 0 aromatic carbocycles. The zero-order chi connectivity index (χ0) is 12.3. The number of halogens is 3. The zero-order valence-corrected chi connectivity index (χ0v) is 9.78. The van der Waals surface area contributed by atoms with Gasteiger partial charge in [0.25, 0.3) is 0 Å². The third-order valence-electron chi connectivity index (χ3n) is 2.35. The highest BCUT2D eigenvalue weighted by Gasteiger charge is 2.35. The van der Waals surface area contributed by atoms with Gasteiger partial charge in [-0.25, -0.2) is 4.98 Å². The lowest BCUT2D eigenvalue weighted by Gasteiger charge is -2.08. The Bertz CT molecular complexity index is 368. The molecule has 0 amide bonds. The fourth-order valence-electron chi connectivity index (χ4n) is 1.38. The van der Waals surface area contributed by atoms with Gasteiger partial charge in [-0.15, -0.1) is 11.3 Å². The molecule has 16 heavy (non-hydrogen) atoms. The number of rotatable bonds is 4. The van der Waals surface area contributed by atoms with Crippen LogP contribution in [0.15, 0.2) is 6.20 Å². The smallest absolute Gasteiger partial charge is 0.293 e. The zero-order valence-electron chi connectivity index (χ0n) is 8.97. The molecule has 0 radical (unpaired) electrons. The lowest BCUT2D eigenvalue weighted by Crippen LogP contribution is -2.11. The van der Waals surface area contributed by atoms with E-state index in [1.54, 1.807) is 0 Å². The van der Waals surface area contributed by atoms with Gasteiger partial charge >= 0.3 is 6.18 Å². The molecule has 1 aromatic heterocycles. The summed E-state index contributed by atoms with van der Waals surface area (Å²) in [5.41, 5.74) is 0. The van der Waals surface area contributed by atoms with Crippen LogP contribution in [0.4, 0.5) is 13.2 Å². The predicted molar refractivity (Wildman–Crippen MR) is 55.5 cm³/mol. The maximum absolute atomic E-state index is 12.3.